The van der Waals surface area contributed by atoms with Crippen molar-refractivity contribution in [2.75, 3.05) is 26.1 Å². The van der Waals surface area contributed by atoms with Crippen LogP contribution in [-0.4, -0.2) is 36.7 Å². The minimum atomic E-state index is -0.277. The Morgan fingerprint density at radius 1 is 0.944 bits per heavy atom. The number of anilines is 1. The van der Waals surface area contributed by atoms with Gasteiger partial charge in [-0.2, -0.15) is 0 Å². The normalized spacial score (nSPS) is 10.8. The second-order valence-electron chi connectivity index (χ2n) is 8.75. The van der Waals surface area contributed by atoms with Gasteiger partial charge in [0.1, 0.15) is 0 Å². The van der Waals surface area contributed by atoms with Crippen molar-refractivity contribution in [3.8, 4) is 11.5 Å². The van der Waals surface area contributed by atoms with Gasteiger partial charge in [-0.05, 0) is 72.7 Å². The number of ether oxygens (including phenoxy) is 2. The van der Waals surface area contributed by atoms with E-state index >= 15 is 0 Å². The summed E-state index contributed by atoms with van der Waals surface area (Å²) in [5.74, 6) is 1.28. The lowest BCUT2D eigenvalue weighted by molar-refractivity contribution is 0.209. The minimum absolute atomic E-state index is 0.171. The molecule has 0 radical (unpaired) electrons. The number of nitrogens with one attached hydrogen (secondary N) is 2. The zero-order valence-electron chi connectivity index (χ0n) is 21.1. The molecule has 0 spiro atoms. The standard InChI is InChI=1S/C29H31N3O4/c1-19-10-12-22-17-23(28(33)31-27(22)20(19)2)18-32(29(34)30-24-8-6-5-7-9-24)15-14-21-11-13-25(35-3)26(16-21)36-4/h5-13,16-17H,14-15,18H2,1-4H3,(H,30,34)(H,31,33). The Morgan fingerprint density at radius 2 is 1.69 bits per heavy atom. The zero-order valence-corrected chi connectivity index (χ0v) is 21.1. The van der Waals surface area contributed by atoms with E-state index in [0.717, 1.165) is 27.6 Å². The maximum Gasteiger partial charge on any atom is 0.322 e. The molecule has 1 aromatic heterocycles. The number of para-hydroxylation sites is 1. The number of rotatable bonds is 8. The van der Waals surface area contributed by atoms with E-state index in [0.29, 0.717) is 35.7 Å². The van der Waals surface area contributed by atoms with Crippen LogP contribution in [0.1, 0.15) is 22.3 Å². The number of urea groups is 1. The third-order valence-electron chi connectivity index (χ3n) is 6.42. The van der Waals surface area contributed by atoms with Crippen LogP contribution in [0.25, 0.3) is 10.9 Å². The number of nitrogens with zero attached hydrogens (tertiary/aromatic N) is 1. The van der Waals surface area contributed by atoms with E-state index in [4.69, 9.17) is 9.47 Å². The lowest BCUT2D eigenvalue weighted by Gasteiger charge is -2.23. The van der Waals surface area contributed by atoms with Gasteiger partial charge < -0.3 is 24.7 Å². The second-order valence-corrected chi connectivity index (χ2v) is 8.75. The maximum absolute atomic E-state index is 13.3. The van der Waals surface area contributed by atoms with Crippen molar-refractivity contribution in [2.24, 2.45) is 0 Å². The molecule has 0 fully saturated rings. The molecule has 0 unspecified atom stereocenters. The lowest BCUT2D eigenvalue weighted by Crippen LogP contribution is -2.37. The fraction of sp³-hybridized carbons (Fsp3) is 0.241. The van der Waals surface area contributed by atoms with Crippen LogP contribution >= 0.6 is 0 Å². The Bertz CT molecular complexity index is 1430. The molecule has 7 nitrogen and oxygen atoms in total. The topological polar surface area (TPSA) is 83.7 Å². The number of amides is 2. The molecule has 0 saturated heterocycles. The van der Waals surface area contributed by atoms with Crippen LogP contribution in [0.5, 0.6) is 11.5 Å². The van der Waals surface area contributed by atoms with Crippen LogP contribution < -0.4 is 20.3 Å². The number of aryl methyl sites for hydroxylation is 2. The molecule has 0 aliphatic rings. The van der Waals surface area contributed by atoms with E-state index in [-0.39, 0.29) is 18.1 Å². The van der Waals surface area contributed by atoms with Crippen molar-refractivity contribution in [3.63, 3.8) is 0 Å². The second kappa shape index (κ2) is 11.0. The van der Waals surface area contributed by atoms with Gasteiger partial charge in [0.2, 0.25) is 0 Å². The number of carbonyl (C=O) groups is 1. The van der Waals surface area contributed by atoms with Crippen LogP contribution in [0.4, 0.5) is 10.5 Å². The first kappa shape index (κ1) is 24.9. The fourth-order valence-corrected chi connectivity index (χ4v) is 4.17. The molecular formula is C29H31N3O4. The molecule has 4 aromatic rings. The number of pyridine rings is 1. The number of carbonyl (C=O) groups excluding carboxylic acids is 1. The van der Waals surface area contributed by atoms with E-state index < -0.39 is 0 Å². The third kappa shape index (κ3) is 5.51. The minimum Gasteiger partial charge on any atom is -0.493 e. The van der Waals surface area contributed by atoms with E-state index in [2.05, 4.69) is 10.3 Å². The number of aromatic amines is 1. The maximum atomic E-state index is 13.3. The number of hydrogen-bond acceptors (Lipinski definition) is 4. The number of fused-ring (bicyclic) bond motifs is 1. The summed E-state index contributed by atoms with van der Waals surface area (Å²) >= 11 is 0. The average Bonchev–Trinajstić information content (AvgIpc) is 2.89. The van der Waals surface area contributed by atoms with Gasteiger partial charge in [0.25, 0.3) is 5.56 Å². The molecule has 0 aliphatic heterocycles. The summed E-state index contributed by atoms with van der Waals surface area (Å²) in [6, 6.07) is 20.6. The molecule has 3 aromatic carbocycles. The van der Waals surface area contributed by atoms with Gasteiger partial charge in [-0.1, -0.05) is 36.4 Å². The largest absolute Gasteiger partial charge is 0.493 e. The molecule has 36 heavy (non-hydrogen) atoms. The number of aromatic nitrogens is 1. The molecule has 1 heterocycles. The quantitative estimate of drug-likeness (QED) is 0.348. The van der Waals surface area contributed by atoms with Crippen molar-refractivity contribution in [1.82, 2.24) is 9.88 Å². The fourth-order valence-electron chi connectivity index (χ4n) is 4.17. The summed E-state index contributed by atoms with van der Waals surface area (Å²) in [4.78, 5) is 31.0. The number of hydrogen-bond donors (Lipinski definition) is 2. The molecule has 0 bridgehead atoms. The van der Waals surface area contributed by atoms with Gasteiger partial charge in [-0.15, -0.1) is 0 Å². The zero-order chi connectivity index (χ0) is 25.7. The summed E-state index contributed by atoms with van der Waals surface area (Å²) < 4.78 is 10.7. The highest BCUT2D eigenvalue weighted by Crippen LogP contribution is 2.28. The summed E-state index contributed by atoms with van der Waals surface area (Å²) in [5, 5.41) is 3.88. The summed E-state index contributed by atoms with van der Waals surface area (Å²) in [5.41, 5.74) is 5.00. The molecule has 4 rings (SSSR count). The molecule has 186 valence electrons. The molecule has 2 amide bonds. The predicted molar refractivity (Wildman–Crippen MR) is 143 cm³/mol. The van der Waals surface area contributed by atoms with Crippen molar-refractivity contribution >= 4 is 22.6 Å². The Kier molecular flexibility index (Phi) is 7.59. The van der Waals surface area contributed by atoms with Crippen LogP contribution in [-0.2, 0) is 13.0 Å². The van der Waals surface area contributed by atoms with Crippen LogP contribution in [0.15, 0.2) is 71.5 Å². The third-order valence-corrected chi connectivity index (χ3v) is 6.42. The molecule has 0 atom stereocenters. The Hall–Kier alpha value is -4.26. The first-order valence-corrected chi connectivity index (χ1v) is 11.8. The van der Waals surface area contributed by atoms with Crippen LogP contribution in [0.2, 0.25) is 0 Å². The number of methoxy groups -OCH3 is 2. The van der Waals surface area contributed by atoms with Crippen molar-refractivity contribution in [2.45, 2.75) is 26.8 Å². The van der Waals surface area contributed by atoms with Crippen LogP contribution in [0.3, 0.4) is 0 Å². The van der Waals surface area contributed by atoms with Crippen molar-refractivity contribution in [3.05, 3.63) is 99.3 Å². The first-order chi connectivity index (χ1) is 17.4. The van der Waals surface area contributed by atoms with Gasteiger partial charge in [0.05, 0.1) is 26.3 Å². The Morgan fingerprint density at radius 3 is 2.42 bits per heavy atom. The highest BCUT2D eigenvalue weighted by Gasteiger charge is 2.18. The van der Waals surface area contributed by atoms with Gasteiger partial charge in [0, 0.05) is 17.8 Å². The lowest BCUT2D eigenvalue weighted by atomic mass is 10.0. The van der Waals surface area contributed by atoms with Crippen LogP contribution in [0, 0.1) is 13.8 Å². The van der Waals surface area contributed by atoms with E-state index in [9.17, 15) is 9.59 Å². The van der Waals surface area contributed by atoms with Crippen molar-refractivity contribution in [1.29, 1.82) is 0 Å². The van der Waals surface area contributed by atoms with E-state index in [1.807, 2.05) is 80.6 Å². The summed E-state index contributed by atoms with van der Waals surface area (Å²) in [6.45, 7) is 4.59. The molecule has 7 heteroatoms. The first-order valence-electron chi connectivity index (χ1n) is 11.8. The highest BCUT2D eigenvalue weighted by molar-refractivity contribution is 5.89. The Balaban J connectivity index is 1.61. The Labute approximate surface area is 210 Å². The molecular weight excluding hydrogens is 454 g/mol. The molecule has 0 aliphatic carbocycles. The molecule has 2 N–H and O–H groups in total. The highest BCUT2D eigenvalue weighted by atomic mass is 16.5. The van der Waals surface area contributed by atoms with Crippen molar-refractivity contribution < 1.29 is 14.3 Å². The molecule has 0 saturated carbocycles. The number of H-pyrrole nitrogens is 1. The van der Waals surface area contributed by atoms with Gasteiger partial charge >= 0.3 is 6.03 Å². The smallest absolute Gasteiger partial charge is 0.322 e. The SMILES string of the molecule is COc1ccc(CCN(Cc2cc3ccc(C)c(C)c3[nH]c2=O)C(=O)Nc2ccccc2)cc1OC. The van der Waals surface area contributed by atoms with Gasteiger partial charge in [-0.3, -0.25) is 4.79 Å². The number of benzene rings is 3. The predicted octanol–water partition coefficient (Wildman–Crippen LogP) is 5.44. The summed E-state index contributed by atoms with van der Waals surface area (Å²) in [7, 11) is 3.19. The van der Waals surface area contributed by atoms with E-state index in [1.165, 1.54) is 0 Å². The van der Waals surface area contributed by atoms with Gasteiger partial charge in [0.15, 0.2) is 11.5 Å². The van der Waals surface area contributed by atoms with Gasteiger partial charge in [-0.25, -0.2) is 4.79 Å². The summed E-state index contributed by atoms with van der Waals surface area (Å²) in [6.07, 6.45) is 0.576. The van der Waals surface area contributed by atoms with E-state index in [1.54, 1.807) is 19.1 Å². The monoisotopic (exact) mass is 485 g/mol. The average molecular weight is 486 g/mol.